The van der Waals surface area contributed by atoms with Crippen molar-refractivity contribution < 1.29 is 18.3 Å². The highest BCUT2D eigenvalue weighted by Gasteiger charge is 2.16. The molecule has 0 saturated heterocycles. The van der Waals surface area contributed by atoms with E-state index in [1.807, 2.05) is 0 Å². The summed E-state index contributed by atoms with van der Waals surface area (Å²) in [5.41, 5.74) is 0.606. The number of hydrogen-bond donors (Lipinski definition) is 3. The fourth-order valence-corrected chi connectivity index (χ4v) is 3.63. The van der Waals surface area contributed by atoms with Crippen LogP contribution in [0.25, 0.3) is 10.8 Å². The zero-order chi connectivity index (χ0) is 18.0. The Balaban J connectivity index is 2.06. The van der Waals surface area contributed by atoms with Crippen LogP contribution in [-0.2, 0) is 14.8 Å². The third kappa shape index (κ3) is 3.41. The van der Waals surface area contributed by atoms with Gasteiger partial charge in [-0.05, 0) is 30.3 Å². The zero-order valence-corrected chi connectivity index (χ0v) is 14.2. The van der Waals surface area contributed by atoms with Crippen LogP contribution in [0.15, 0.2) is 65.6 Å². The first-order valence-electron chi connectivity index (χ1n) is 7.48. The molecule has 0 aliphatic rings. The number of phenolic OH excluding ortho intramolecular Hbond substituents is 1. The topological polar surface area (TPSA) is 95.5 Å². The molecule has 3 aromatic carbocycles. The van der Waals surface area contributed by atoms with Gasteiger partial charge in [0.05, 0.1) is 16.3 Å². The third-order valence-corrected chi connectivity index (χ3v) is 5.02. The summed E-state index contributed by atoms with van der Waals surface area (Å²) in [5, 5.41) is 13.8. The molecule has 6 nitrogen and oxygen atoms in total. The second-order valence-electron chi connectivity index (χ2n) is 5.46. The van der Waals surface area contributed by atoms with E-state index >= 15 is 0 Å². The van der Waals surface area contributed by atoms with Gasteiger partial charge in [0.2, 0.25) is 5.91 Å². The fraction of sp³-hybridized carbons (Fsp3) is 0.0556. The number of phenols is 1. The third-order valence-electron chi connectivity index (χ3n) is 3.64. The SMILES string of the molecule is CC(=O)Nc1ccc2c(NS(=O)(=O)c3ccccc3)cccc2c1O. The van der Waals surface area contributed by atoms with Crippen LogP contribution in [0.5, 0.6) is 5.75 Å². The molecule has 25 heavy (non-hydrogen) atoms. The van der Waals surface area contributed by atoms with Gasteiger partial charge in [0.1, 0.15) is 5.75 Å². The Morgan fingerprint density at radius 1 is 0.880 bits per heavy atom. The molecule has 0 aliphatic carbocycles. The molecule has 0 spiro atoms. The lowest BCUT2D eigenvalue weighted by molar-refractivity contribution is -0.114. The monoisotopic (exact) mass is 356 g/mol. The summed E-state index contributed by atoms with van der Waals surface area (Å²) >= 11 is 0. The Bertz CT molecular complexity index is 1050. The van der Waals surface area contributed by atoms with Gasteiger partial charge in [-0.2, -0.15) is 0 Å². The minimum absolute atomic E-state index is 0.117. The molecule has 0 saturated carbocycles. The molecule has 3 aromatic rings. The number of benzene rings is 3. The Morgan fingerprint density at radius 2 is 1.60 bits per heavy atom. The lowest BCUT2D eigenvalue weighted by Gasteiger charge is -2.13. The molecular formula is C18H16N2O4S. The van der Waals surface area contributed by atoms with E-state index in [4.69, 9.17) is 0 Å². The van der Waals surface area contributed by atoms with Gasteiger partial charge >= 0.3 is 0 Å². The number of hydrogen-bond acceptors (Lipinski definition) is 4. The maximum absolute atomic E-state index is 12.5. The standard InChI is InChI=1S/C18H16N2O4S/c1-12(21)19-17-11-10-14-15(18(17)22)8-5-9-16(14)20-25(23,24)13-6-3-2-4-7-13/h2-11,20,22H,1H3,(H,19,21). The summed E-state index contributed by atoms with van der Waals surface area (Å²) in [6.45, 7) is 1.34. The van der Waals surface area contributed by atoms with Gasteiger partial charge in [0.25, 0.3) is 10.0 Å². The van der Waals surface area contributed by atoms with E-state index in [9.17, 15) is 18.3 Å². The first kappa shape index (κ1) is 16.8. The number of anilines is 2. The molecule has 0 radical (unpaired) electrons. The number of fused-ring (bicyclic) bond motifs is 1. The summed E-state index contributed by atoms with van der Waals surface area (Å²) in [5.74, 6) is -0.427. The smallest absolute Gasteiger partial charge is 0.261 e. The van der Waals surface area contributed by atoms with E-state index in [-0.39, 0.29) is 22.2 Å². The van der Waals surface area contributed by atoms with Crippen LogP contribution in [0.3, 0.4) is 0 Å². The average molecular weight is 356 g/mol. The predicted molar refractivity (Wildman–Crippen MR) is 97.2 cm³/mol. The van der Waals surface area contributed by atoms with Crippen LogP contribution < -0.4 is 10.0 Å². The Labute approximate surface area is 145 Å². The maximum atomic E-state index is 12.5. The van der Waals surface area contributed by atoms with E-state index < -0.39 is 10.0 Å². The second-order valence-corrected chi connectivity index (χ2v) is 7.14. The largest absolute Gasteiger partial charge is 0.505 e. The van der Waals surface area contributed by atoms with Gasteiger partial charge in [0, 0.05) is 17.7 Å². The van der Waals surface area contributed by atoms with Crippen LogP contribution in [0.2, 0.25) is 0 Å². The number of sulfonamides is 1. The van der Waals surface area contributed by atoms with Gasteiger partial charge in [-0.15, -0.1) is 0 Å². The van der Waals surface area contributed by atoms with E-state index in [1.165, 1.54) is 25.1 Å². The normalized spacial score (nSPS) is 11.2. The maximum Gasteiger partial charge on any atom is 0.261 e. The minimum Gasteiger partial charge on any atom is -0.505 e. The van der Waals surface area contributed by atoms with Crippen LogP contribution in [-0.4, -0.2) is 19.4 Å². The zero-order valence-electron chi connectivity index (χ0n) is 13.4. The van der Waals surface area contributed by atoms with Gasteiger partial charge < -0.3 is 10.4 Å². The van der Waals surface area contributed by atoms with Crippen molar-refractivity contribution in [3.05, 3.63) is 60.7 Å². The highest BCUT2D eigenvalue weighted by atomic mass is 32.2. The fourth-order valence-electron chi connectivity index (χ4n) is 2.52. The van der Waals surface area contributed by atoms with E-state index in [0.717, 1.165) is 0 Å². The van der Waals surface area contributed by atoms with E-state index in [1.54, 1.807) is 42.5 Å². The van der Waals surface area contributed by atoms with Crippen molar-refractivity contribution in [3.8, 4) is 5.75 Å². The molecule has 0 aromatic heterocycles. The van der Waals surface area contributed by atoms with Gasteiger partial charge in [-0.1, -0.05) is 30.3 Å². The molecule has 3 rings (SSSR count). The summed E-state index contributed by atoms with van der Waals surface area (Å²) in [7, 11) is -3.75. The molecule has 0 atom stereocenters. The van der Waals surface area contributed by atoms with Gasteiger partial charge in [0.15, 0.2) is 0 Å². The average Bonchev–Trinajstić information content (AvgIpc) is 2.58. The number of nitrogens with one attached hydrogen (secondary N) is 2. The van der Waals surface area contributed by atoms with Crippen molar-refractivity contribution in [2.45, 2.75) is 11.8 Å². The van der Waals surface area contributed by atoms with Crippen molar-refractivity contribution >= 4 is 38.1 Å². The summed E-state index contributed by atoms with van der Waals surface area (Å²) in [6.07, 6.45) is 0. The molecule has 0 unspecified atom stereocenters. The summed E-state index contributed by atoms with van der Waals surface area (Å²) in [4.78, 5) is 11.3. The first-order valence-corrected chi connectivity index (χ1v) is 8.97. The molecule has 0 bridgehead atoms. The van der Waals surface area contributed by atoms with Crippen molar-refractivity contribution in [1.29, 1.82) is 0 Å². The van der Waals surface area contributed by atoms with Crippen molar-refractivity contribution in [3.63, 3.8) is 0 Å². The van der Waals surface area contributed by atoms with Crippen molar-refractivity contribution in [2.75, 3.05) is 10.0 Å². The van der Waals surface area contributed by atoms with Crippen LogP contribution in [0.4, 0.5) is 11.4 Å². The van der Waals surface area contributed by atoms with E-state index in [0.29, 0.717) is 16.5 Å². The molecular weight excluding hydrogens is 340 g/mol. The van der Waals surface area contributed by atoms with Crippen molar-refractivity contribution in [2.24, 2.45) is 0 Å². The summed E-state index contributed by atoms with van der Waals surface area (Å²) < 4.78 is 27.6. The van der Waals surface area contributed by atoms with E-state index in [2.05, 4.69) is 10.0 Å². The molecule has 0 fully saturated rings. The van der Waals surface area contributed by atoms with Gasteiger partial charge in [-0.25, -0.2) is 8.42 Å². The Morgan fingerprint density at radius 3 is 2.28 bits per heavy atom. The highest BCUT2D eigenvalue weighted by Crippen LogP contribution is 2.36. The first-order chi connectivity index (χ1) is 11.9. The summed E-state index contributed by atoms with van der Waals surface area (Å²) in [6, 6.07) is 16.1. The molecule has 3 N–H and O–H groups in total. The Kier molecular flexibility index (Phi) is 4.33. The minimum atomic E-state index is -3.75. The lowest BCUT2D eigenvalue weighted by atomic mass is 10.1. The number of carbonyl (C=O) groups excluding carboxylic acids is 1. The van der Waals surface area contributed by atoms with Gasteiger partial charge in [-0.3, -0.25) is 9.52 Å². The lowest BCUT2D eigenvalue weighted by Crippen LogP contribution is -2.13. The Hall–Kier alpha value is -3.06. The molecule has 0 aliphatic heterocycles. The molecule has 0 heterocycles. The number of carbonyl (C=O) groups is 1. The van der Waals surface area contributed by atoms with Crippen LogP contribution >= 0.6 is 0 Å². The number of rotatable bonds is 4. The molecule has 7 heteroatoms. The number of amides is 1. The van der Waals surface area contributed by atoms with Crippen molar-refractivity contribution in [1.82, 2.24) is 0 Å². The second kappa shape index (κ2) is 6.45. The number of aromatic hydroxyl groups is 1. The van der Waals surface area contributed by atoms with Crippen LogP contribution in [0, 0.1) is 0 Å². The van der Waals surface area contributed by atoms with Crippen LogP contribution in [0.1, 0.15) is 6.92 Å². The highest BCUT2D eigenvalue weighted by molar-refractivity contribution is 7.92. The molecule has 1 amide bonds. The molecule has 128 valence electrons. The quantitative estimate of drug-likeness (QED) is 0.625. The predicted octanol–water partition coefficient (Wildman–Crippen LogP) is 3.30.